The third-order valence-electron chi connectivity index (χ3n) is 1.65. The van der Waals surface area contributed by atoms with Gasteiger partial charge in [-0.05, 0) is 18.2 Å². The Morgan fingerprint density at radius 1 is 1.40 bits per heavy atom. The minimum absolute atomic E-state index is 0.125. The predicted octanol–water partition coefficient (Wildman–Crippen LogP) is 1.48. The van der Waals surface area contributed by atoms with Gasteiger partial charge in [0, 0.05) is 11.3 Å². The number of hydrogen-bond acceptors (Lipinski definition) is 2. The zero-order chi connectivity index (χ0) is 11.4. The summed E-state index contributed by atoms with van der Waals surface area (Å²) in [4.78, 5) is 22.0. The van der Waals surface area contributed by atoms with Gasteiger partial charge < -0.3 is 11.1 Å². The largest absolute Gasteiger partial charge is 0.366 e. The lowest BCUT2D eigenvalue weighted by molar-refractivity contribution is -0.112. The standard InChI is InChI=1S/C10H9ClN2O2/c1-6(11)10(15)13-8-4-2-3-7(5-8)9(12)14/h2-5H,1H2,(H2,12,14)(H,13,15). The second-order valence-corrected chi connectivity index (χ2v) is 3.26. The van der Waals surface area contributed by atoms with Gasteiger partial charge >= 0.3 is 0 Å². The maximum Gasteiger partial charge on any atom is 0.266 e. The highest BCUT2D eigenvalue weighted by atomic mass is 35.5. The average molecular weight is 225 g/mol. The van der Waals surface area contributed by atoms with Gasteiger partial charge in [-0.3, -0.25) is 9.59 Å². The van der Waals surface area contributed by atoms with Crippen LogP contribution in [0.4, 0.5) is 5.69 Å². The lowest BCUT2D eigenvalue weighted by Crippen LogP contribution is -2.13. The molecule has 0 radical (unpaired) electrons. The molecular weight excluding hydrogens is 216 g/mol. The normalized spacial score (nSPS) is 9.40. The molecule has 0 saturated carbocycles. The first-order chi connectivity index (χ1) is 7.00. The van der Waals surface area contributed by atoms with E-state index in [-0.39, 0.29) is 5.03 Å². The van der Waals surface area contributed by atoms with Crippen LogP contribution < -0.4 is 11.1 Å². The number of anilines is 1. The van der Waals surface area contributed by atoms with Crippen LogP contribution >= 0.6 is 11.6 Å². The van der Waals surface area contributed by atoms with E-state index in [2.05, 4.69) is 11.9 Å². The first kappa shape index (κ1) is 11.3. The molecule has 0 aromatic heterocycles. The number of rotatable bonds is 3. The molecule has 5 heteroatoms. The van der Waals surface area contributed by atoms with Gasteiger partial charge in [0.1, 0.15) is 0 Å². The van der Waals surface area contributed by atoms with Gasteiger partial charge in [0.15, 0.2) is 0 Å². The van der Waals surface area contributed by atoms with E-state index in [1.165, 1.54) is 6.07 Å². The van der Waals surface area contributed by atoms with E-state index in [1.54, 1.807) is 18.2 Å². The maximum absolute atomic E-state index is 11.1. The average Bonchev–Trinajstić information content (AvgIpc) is 2.18. The SMILES string of the molecule is C=C(Cl)C(=O)Nc1cccc(C(N)=O)c1. The molecule has 2 amide bonds. The molecule has 0 saturated heterocycles. The van der Waals surface area contributed by atoms with Crippen LogP contribution in [0.3, 0.4) is 0 Å². The van der Waals surface area contributed by atoms with Gasteiger partial charge in [-0.25, -0.2) is 0 Å². The molecule has 4 nitrogen and oxygen atoms in total. The zero-order valence-corrected chi connectivity index (χ0v) is 8.54. The predicted molar refractivity (Wildman–Crippen MR) is 58.6 cm³/mol. The number of nitrogens with two attached hydrogens (primary N) is 1. The van der Waals surface area contributed by atoms with Gasteiger partial charge in [-0.1, -0.05) is 24.2 Å². The number of amides is 2. The summed E-state index contributed by atoms with van der Waals surface area (Å²) in [5.74, 6) is -1.07. The summed E-state index contributed by atoms with van der Waals surface area (Å²) < 4.78 is 0. The molecule has 0 aliphatic carbocycles. The fourth-order valence-electron chi connectivity index (χ4n) is 0.949. The summed E-state index contributed by atoms with van der Waals surface area (Å²) in [5.41, 5.74) is 5.83. The van der Waals surface area contributed by atoms with Crippen LogP contribution in [0, 0.1) is 0 Å². The van der Waals surface area contributed by atoms with Crippen molar-refractivity contribution in [2.24, 2.45) is 5.73 Å². The molecule has 78 valence electrons. The Balaban J connectivity index is 2.87. The van der Waals surface area contributed by atoms with Gasteiger partial charge in [-0.15, -0.1) is 0 Å². The molecule has 0 fully saturated rings. The molecule has 0 spiro atoms. The molecule has 0 bridgehead atoms. The zero-order valence-electron chi connectivity index (χ0n) is 7.79. The Labute approximate surface area is 91.7 Å². The van der Waals surface area contributed by atoms with Gasteiger partial charge in [-0.2, -0.15) is 0 Å². The minimum atomic E-state index is -0.559. The maximum atomic E-state index is 11.1. The molecule has 0 heterocycles. The van der Waals surface area contributed by atoms with E-state index in [0.29, 0.717) is 11.3 Å². The summed E-state index contributed by atoms with van der Waals surface area (Å²) in [7, 11) is 0. The number of primary amides is 1. The monoisotopic (exact) mass is 224 g/mol. The Kier molecular flexibility index (Phi) is 3.46. The van der Waals surface area contributed by atoms with Crippen molar-refractivity contribution >= 4 is 29.1 Å². The summed E-state index contributed by atoms with van der Waals surface area (Å²) in [6, 6.07) is 6.23. The first-order valence-electron chi connectivity index (χ1n) is 4.06. The number of carbonyl (C=O) groups excluding carboxylic acids is 2. The van der Waals surface area contributed by atoms with E-state index in [4.69, 9.17) is 17.3 Å². The Hall–Kier alpha value is -1.81. The number of nitrogens with one attached hydrogen (secondary N) is 1. The second-order valence-electron chi connectivity index (χ2n) is 2.80. The topological polar surface area (TPSA) is 72.2 Å². The first-order valence-corrected chi connectivity index (χ1v) is 4.44. The van der Waals surface area contributed by atoms with E-state index in [1.807, 2.05) is 0 Å². The van der Waals surface area contributed by atoms with Crippen molar-refractivity contribution in [2.75, 3.05) is 5.32 Å². The Bertz CT molecular complexity index is 429. The Morgan fingerprint density at radius 2 is 2.07 bits per heavy atom. The van der Waals surface area contributed by atoms with Crippen molar-refractivity contribution in [3.8, 4) is 0 Å². The highest BCUT2D eigenvalue weighted by molar-refractivity contribution is 6.43. The van der Waals surface area contributed by atoms with Crippen molar-refractivity contribution in [1.29, 1.82) is 0 Å². The van der Waals surface area contributed by atoms with E-state index >= 15 is 0 Å². The van der Waals surface area contributed by atoms with Crippen molar-refractivity contribution in [1.82, 2.24) is 0 Å². The van der Waals surface area contributed by atoms with Crippen LogP contribution in [0.25, 0.3) is 0 Å². The van der Waals surface area contributed by atoms with Crippen LogP contribution in [0.1, 0.15) is 10.4 Å². The summed E-state index contributed by atoms with van der Waals surface area (Å²) in [6.45, 7) is 3.27. The van der Waals surface area contributed by atoms with Crippen LogP contribution in [0.5, 0.6) is 0 Å². The third-order valence-corrected chi connectivity index (χ3v) is 1.82. The van der Waals surface area contributed by atoms with Gasteiger partial charge in [0.05, 0.1) is 5.03 Å². The summed E-state index contributed by atoms with van der Waals surface area (Å²) >= 11 is 5.38. The molecule has 1 aromatic rings. The fraction of sp³-hybridized carbons (Fsp3) is 0. The lowest BCUT2D eigenvalue weighted by Gasteiger charge is -2.04. The van der Waals surface area contributed by atoms with E-state index in [0.717, 1.165) is 0 Å². The molecule has 3 N–H and O–H groups in total. The molecule has 0 atom stereocenters. The molecule has 15 heavy (non-hydrogen) atoms. The molecule has 0 aliphatic heterocycles. The van der Waals surface area contributed by atoms with Gasteiger partial charge in [0.2, 0.25) is 5.91 Å². The highest BCUT2D eigenvalue weighted by Gasteiger charge is 2.06. The number of hydrogen-bond donors (Lipinski definition) is 2. The third kappa shape index (κ3) is 3.11. The van der Waals surface area contributed by atoms with Crippen molar-refractivity contribution in [2.45, 2.75) is 0 Å². The lowest BCUT2D eigenvalue weighted by atomic mass is 10.2. The minimum Gasteiger partial charge on any atom is -0.366 e. The molecule has 1 aromatic carbocycles. The van der Waals surface area contributed by atoms with Crippen molar-refractivity contribution in [3.63, 3.8) is 0 Å². The van der Waals surface area contributed by atoms with Gasteiger partial charge in [0.25, 0.3) is 5.91 Å². The molecule has 1 rings (SSSR count). The van der Waals surface area contributed by atoms with E-state index in [9.17, 15) is 9.59 Å². The smallest absolute Gasteiger partial charge is 0.266 e. The highest BCUT2D eigenvalue weighted by Crippen LogP contribution is 2.11. The quantitative estimate of drug-likeness (QED) is 0.764. The number of benzene rings is 1. The number of halogens is 1. The van der Waals surface area contributed by atoms with Crippen LogP contribution in [-0.2, 0) is 4.79 Å². The molecule has 0 unspecified atom stereocenters. The Morgan fingerprint density at radius 3 is 2.60 bits per heavy atom. The molecule has 0 aliphatic rings. The van der Waals surface area contributed by atoms with Crippen LogP contribution in [0.2, 0.25) is 0 Å². The van der Waals surface area contributed by atoms with Crippen molar-refractivity contribution < 1.29 is 9.59 Å². The van der Waals surface area contributed by atoms with E-state index < -0.39 is 11.8 Å². The summed E-state index contributed by atoms with van der Waals surface area (Å²) in [6.07, 6.45) is 0. The second kappa shape index (κ2) is 4.61. The van der Waals surface area contributed by atoms with Crippen molar-refractivity contribution in [3.05, 3.63) is 41.4 Å². The summed E-state index contributed by atoms with van der Waals surface area (Å²) in [5, 5.41) is 2.33. The molecular formula is C10H9ClN2O2. The number of carbonyl (C=O) groups is 2. The van der Waals surface area contributed by atoms with Crippen LogP contribution in [-0.4, -0.2) is 11.8 Å². The fourth-order valence-corrected chi connectivity index (χ4v) is 0.996. The van der Waals surface area contributed by atoms with Crippen LogP contribution in [0.15, 0.2) is 35.9 Å².